The number of hydrogen-bond acceptors (Lipinski definition) is 8. The number of carboxylic acid groups (broad SMARTS) is 1. The minimum atomic E-state index is -0.934. The summed E-state index contributed by atoms with van der Waals surface area (Å²) in [4.78, 5) is 27.7. The van der Waals surface area contributed by atoms with Crippen LogP contribution in [0.4, 0.5) is 15.0 Å². The first kappa shape index (κ1) is 30.0. The maximum Gasteiger partial charge on any atom is 0.426 e. The first-order chi connectivity index (χ1) is 17.9. The van der Waals surface area contributed by atoms with Crippen molar-refractivity contribution in [3.05, 3.63) is 62.6 Å². The summed E-state index contributed by atoms with van der Waals surface area (Å²) in [7, 11) is 0. The summed E-state index contributed by atoms with van der Waals surface area (Å²) in [6.07, 6.45) is 0.460. The van der Waals surface area contributed by atoms with Crippen molar-refractivity contribution < 1.29 is 28.6 Å². The third-order valence-corrected chi connectivity index (χ3v) is 6.81. The summed E-state index contributed by atoms with van der Waals surface area (Å²) in [5, 5.41) is 13.8. The summed E-state index contributed by atoms with van der Waals surface area (Å²) >= 11 is 14.7. The Labute approximate surface area is 238 Å². The summed E-state index contributed by atoms with van der Waals surface area (Å²) < 4.78 is 27.8. The van der Waals surface area contributed by atoms with Crippen LogP contribution in [0, 0.1) is 5.82 Å². The molecule has 0 fully saturated rings. The largest absolute Gasteiger partial charge is 0.480 e. The molecular weight excluding hydrogens is 576 g/mol. The molecule has 0 unspecified atom stereocenters. The van der Waals surface area contributed by atoms with Crippen molar-refractivity contribution in [1.29, 1.82) is 0 Å². The lowest BCUT2D eigenvalue weighted by molar-refractivity contribution is -0.135. The number of carboxylic acids is 1. The van der Waals surface area contributed by atoms with Gasteiger partial charge in [-0.3, -0.25) is 4.79 Å². The fourth-order valence-corrected chi connectivity index (χ4v) is 4.97. The lowest BCUT2D eigenvalue weighted by Gasteiger charge is -2.25. The van der Waals surface area contributed by atoms with E-state index in [-0.39, 0.29) is 22.2 Å². The van der Waals surface area contributed by atoms with E-state index in [1.54, 1.807) is 49.9 Å². The number of hydrogen-bond donors (Lipinski definition) is 2. The Hall–Kier alpha value is -2.57. The zero-order valence-corrected chi connectivity index (χ0v) is 23.9. The Bertz CT molecular complexity index is 1270. The van der Waals surface area contributed by atoms with Crippen LogP contribution in [0.2, 0.25) is 10.0 Å². The summed E-state index contributed by atoms with van der Waals surface area (Å²) in [6.45, 7) is 5.54. The summed E-state index contributed by atoms with van der Waals surface area (Å²) in [5.41, 5.74) is 1.55. The van der Waals surface area contributed by atoms with E-state index in [1.807, 2.05) is 0 Å². The lowest BCUT2D eigenvalue weighted by Crippen LogP contribution is -2.32. The van der Waals surface area contributed by atoms with Crippen molar-refractivity contribution in [1.82, 2.24) is 10.3 Å². The number of amides is 1. The van der Waals surface area contributed by atoms with Gasteiger partial charge < -0.3 is 19.9 Å². The fraction of sp³-hybridized carbons (Fsp3) is 0.320. The van der Waals surface area contributed by atoms with Gasteiger partial charge in [0.05, 0.1) is 22.0 Å². The highest BCUT2D eigenvalue weighted by Gasteiger charge is 2.27. The monoisotopic (exact) mass is 601 g/mol. The van der Waals surface area contributed by atoms with Gasteiger partial charge in [-0.2, -0.15) is 4.31 Å². The number of carbonyl (C=O) groups excluding carboxylic acids is 1. The highest BCUT2D eigenvalue weighted by atomic mass is 35.5. The number of halogens is 3. The van der Waals surface area contributed by atoms with E-state index in [0.717, 1.165) is 27.9 Å². The van der Waals surface area contributed by atoms with Gasteiger partial charge in [0.1, 0.15) is 22.9 Å². The van der Waals surface area contributed by atoms with Crippen LogP contribution in [0.3, 0.4) is 0 Å². The number of carbonyl (C=O) groups is 2. The Balaban J connectivity index is 1.78. The first-order valence-corrected chi connectivity index (χ1v) is 13.9. The molecule has 204 valence electrons. The SMILES string of the molecule is CC(C)(C)OC(=O)N(Sc1cc(Cl)c(Oc2ccc(Cl)cc2CCCNCC(=O)O)cc1F)c1cscn1. The molecule has 0 saturated carbocycles. The second-order valence-electron chi connectivity index (χ2n) is 8.95. The van der Waals surface area contributed by atoms with Crippen LogP contribution in [0.25, 0.3) is 0 Å². The normalized spacial score (nSPS) is 11.3. The molecule has 0 atom stereocenters. The van der Waals surface area contributed by atoms with Gasteiger partial charge in [0.25, 0.3) is 0 Å². The van der Waals surface area contributed by atoms with Crippen molar-refractivity contribution in [2.24, 2.45) is 0 Å². The minimum absolute atomic E-state index is 0.0713. The average molecular weight is 603 g/mol. The number of nitrogens with zero attached hydrogens (tertiary/aromatic N) is 2. The van der Waals surface area contributed by atoms with Gasteiger partial charge >= 0.3 is 12.1 Å². The molecule has 0 bridgehead atoms. The average Bonchev–Trinajstić information content (AvgIpc) is 3.34. The van der Waals surface area contributed by atoms with Crippen LogP contribution in [-0.2, 0) is 16.0 Å². The highest BCUT2D eigenvalue weighted by Crippen LogP contribution is 2.39. The molecule has 2 N–H and O–H groups in total. The predicted octanol–water partition coefficient (Wildman–Crippen LogP) is 7.44. The van der Waals surface area contributed by atoms with E-state index in [9.17, 15) is 9.59 Å². The second-order valence-corrected chi connectivity index (χ2v) is 11.5. The zero-order chi connectivity index (χ0) is 27.9. The molecular formula is C25H26Cl2FN3O5S2. The molecule has 1 heterocycles. The number of ether oxygens (including phenoxy) is 2. The molecule has 0 aliphatic heterocycles. The molecule has 0 spiro atoms. The molecule has 0 aliphatic rings. The van der Waals surface area contributed by atoms with Crippen LogP contribution in [0.1, 0.15) is 32.8 Å². The van der Waals surface area contributed by atoms with Crippen molar-refractivity contribution in [2.75, 3.05) is 17.4 Å². The third-order valence-electron chi connectivity index (χ3n) is 4.68. The predicted molar refractivity (Wildman–Crippen MR) is 148 cm³/mol. The van der Waals surface area contributed by atoms with E-state index in [2.05, 4.69) is 10.3 Å². The Morgan fingerprint density at radius 1 is 1.21 bits per heavy atom. The van der Waals surface area contributed by atoms with Gasteiger partial charge in [0.15, 0.2) is 5.82 Å². The molecule has 3 rings (SSSR count). The van der Waals surface area contributed by atoms with Crippen LogP contribution >= 0.6 is 46.5 Å². The molecule has 0 radical (unpaired) electrons. The highest BCUT2D eigenvalue weighted by molar-refractivity contribution is 8.01. The summed E-state index contributed by atoms with van der Waals surface area (Å²) in [5.74, 6) is -0.776. The van der Waals surface area contributed by atoms with E-state index in [1.165, 1.54) is 17.4 Å². The number of thiazole rings is 1. The minimum Gasteiger partial charge on any atom is -0.480 e. The van der Waals surface area contributed by atoms with Gasteiger partial charge in [-0.1, -0.05) is 23.2 Å². The van der Waals surface area contributed by atoms with E-state index >= 15 is 4.39 Å². The van der Waals surface area contributed by atoms with Crippen molar-refractivity contribution in [3.63, 3.8) is 0 Å². The molecule has 8 nitrogen and oxygen atoms in total. The zero-order valence-electron chi connectivity index (χ0n) is 20.8. The molecule has 0 aliphatic carbocycles. The van der Waals surface area contributed by atoms with Crippen molar-refractivity contribution in [2.45, 2.75) is 44.1 Å². The fourth-order valence-electron chi connectivity index (χ4n) is 3.10. The molecule has 1 aromatic heterocycles. The van der Waals surface area contributed by atoms with Gasteiger partial charge in [-0.15, -0.1) is 11.3 Å². The molecule has 2 aromatic carbocycles. The van der Waals surface area contributed by atoms with Gasteiger partial charge in [0, 0.05) is 28.4 Å². The van der Waals surface area contributed by atoms with E-state index in [0.29, 0.717) is 36.0 Å². The maximum atomic E-state index is 15.2. The van der Waals surface area contributed by atoms with Crippen LogP contribution < -0.4 is 14.4 Å². The Morgan fingerprint density at radius 3 is 2.63 bits per heavy atom. The third kappa shape index (κ3) is 9.02. The van der Waals surface area contributed by atoms with E-state index in [4.69, 9.17) is 37.8 Å². The van der Waals surface area contributed by atoms with Crippen molar-refractivity contribution >= 4 is 64.4 Å². The summed E-state index contributed by atoms with van der Waals surface area (Å²) in [6, 6.07) is 7.54. The number of aliphatic carboxylic acids is 1. The van der Waals surface area contributed by atoms with Crippen molar-refractivity contribution in [3.8, 4) is 11.5 Å². The smallest absolute Gasteiger partial charge is 0.426 e. The molecule has 38 heavy (non-hydrogen) atoms. The van der Waals surface area contributed by atoms with Crippen LogP contribution in [0.15, 0.2) is 46.1 Å². The number of nitrogens with one attached hydrogen (secondary N) is 1. The quantitative estimate of drug-likeness (QED) is 0.173. The molecule has 3 aromatic rings. The number of benzene rings is 2. The standard InChI is InChI=1S/C25H26Cl2FN3O5S2/c1-25(2,3)36-24(34)31(22-13-37-14-30-22)38-21-10-17(27)20(11-18(21)28)35-19-7-6-16(26)9-15(19)5-4-8-29-12-23(32)33/h6-7,9-11,13-14,29H,4-5,8,12H2,1-3H3,(H,32,33). The Kier molecular flexibility index (Phi) is 10.6. The second kappa shape index (κ2) is 13.5. The molecule has 1 amide bonds. The lowest BCUT2D eigenvalue weighted by atomic mass is 10.1. The molecule has 0 saturated heterocycles. The van der Waals surface area contributed by atoms with Gasteiger partial charge in [-0.05, 0) is 70.0 Å². The Morgan fingerprint density at radius 2 is 1.97 bits per heavy atom. The number of aryl methyl sites for hydroxylation is 1. The number of aromatic nitrogens is 1. The maximum absolute atomic E-state index is 15.2. The van der Waals surface area contributed by atoms with Crippen LogP contribution in [0.5, 0.6) is 11.5 Å². The number of anilines is 1. The van der Waals surface area contributed by atoms with Gasteiger partial charge in [-0.25, -0.2) is 14.2 Å². The topological polar surface area (TPSA) is 101 Å². The van der Waals surface area contributed by atoms with Gasteiger partial charge in [0.2, 0.25) is 0 Å². The van der Waals surface area contributed by atoms with E-state index < -0.39 is 23.5 Å². The van der Waals surface area contributed by atoms with Crippen LogP contribution in [-0.4, -0.2) is 40.8 Å². The first-order valence-electron chi connectivity index (χ1n) is 11.4. The molecule has 13 heteroatoms. The number of rotatable bonds is 11.